The minimum atomic E-state index is -0.774. The molecule has 1 heterocycles. The topological polar surface area (TPSA) is 75.3 Å². The van der Waals surface area contributed by atoms with E-state index in [4.69, 9.17) is 10.8 Å². The number of carbonyl (C=O) groups is 1. The molecule has 0 amide bonds. The number of carboxylic acid groups (broad SMARTS) is 1. The SMILES string of the molecule is CC1(CC(=O)O)CC(N)NC1c1ccccc1. The van der Waals surface area contributed by atoms with Gasteiger partial charge in [0.1, 0.15) is 0 Å². The number of benzene rings is 1. The predicted octanol–water partition coefficient (Wildman–Crippen LogP) is 1.49. The van der Waals surface area contributed by atoms with Crippen LogP contribution in [0, 0.1) is 5.41 Å². The summed E-state index contributed by atoms with van der Waals surface area (Å²) in [5, 5.41) is 12.3. The van der Waals surface area contributed by atoms with Crippen molar-refractivity contribution in [2.75, 3.05) is 0 Å². The maximum Gasteiger partial charge on any atom is 0.303 e. The first-order valence-corrected chi connectivity index (χ1v) is 5.80. The smallest absolute Gasteiger partial charge is 0.303 e. The fourth-order valence-corrected chi connectivity index (χ4v) is 2.76. The number of hydrogen-bond acceptors (Lipinski definition) is 3. The van der Waals surface area contributed by atoms with Gasteiger partial charge < -0.3 is 10.8 Å². The van der Waals surface area contributed by atoms with E-state index in [1.807, 2.05) is 37.3 Å². The van der Waals surface area contributed by atoms with E-state index in [0.29, 0.717) is 6.42 Å². The number of nitrogens with one attached hydrogen (secondary N) is 1. The van der Waals surface area contributed by atoms with Crippen molar-refractivity contribution >= 4 is 5.97 Å². The zero-order chi connectivity index (χ0) is 12.5. The molecule has 17 heavy (non-hydrogen) atoms. The molecule has 3 unspecified atom stereocenters. The molecule has 0 aromatic heterocycles. The standard InChI is InChI=1S/C13H18N2O2/c1-13(8-11(16)17)7-10(14)15-12(13)9-5-3-2-4-6-9/h2-6,10,12,15H,7-8,14H2,1H3,(H,16,17). The Labute approximate surface area is 101 Å². The van der Waals surface area contributed by atoms with E-state index in [1.165, 1.54) is 0 Å². The third kappa shape index (κ3) is 2.48. The summed E-state index contributed by atoms with van der Waals surface area (Å²) < 4.78 is 0. The largest absolute Gasteiger partial charge is 0.481 e. The summed E-state index contributed by atoms with van der Waals surface area (Å²) in [6, 6.07) is 9.90. The van der Waals surface area contributed by atoms with E-state index >= 15 is 0 Å². The Hall–Kier alpha value is -1.39. The lowest BCUT2D eigenvalue weighted by atomic mass is 9.76. The summed E-state index contributed by atoms with van der Waals surface area (Å²) in [6.45, 7) is 1.98. The first kappa shape index (κ1) is 12.1. The lowest BCUT2D eigenvalue weighted by Crippen LogP contribution is -2.33. The van der Waals surface area contributed by atoms with Crippen LogP contribution in [-0.2, 0) is 4.79 Å². The normalized spacial score (nSPS) is 32.6. The van der Waals surface area contributed by atoms with E-state index in [2.05, 4.69) is 5.32 Å². The zero-order valence-corrected chi connectivity index (χ0v) is 9.89. The molecule has 1 fully saturated rings. The van der Waals surface area contributed by atoms with E-state index in [9.17, 15) is 4.79 Å². The average molecular weight is 234 g/mol. The highest BCUT2D eigenvalue weighted by atomic mass is 16.4. The summed E-state index contributed by atoms with van der Waals surface area (Å²) in [5.41, 5.74) is 6.68. The molecule has 0 saturated carbocycles. The van der Waals surface area contributed by atoms with Gasteiger partial charge in [0.25, 0.3) is 0 Å². The van der Waals surface area contributed by atoms with Gasteiger partial charge >= 0.3 is 5.97 Å². The third-order valence-electron chi connectivity index (χ3n) is 3.45. The average Bonchev–Trinajstić information content (AvgIpc) is 2.53. The van der Waals surface area contributed by atoms with Gasteiger partial charge in [0, 0.05) is 11.5 Å². The fraction of sp³-hybridized carbons (Fsp3) is 0.462. The van der Waals surface area contributed by atoms with Crippen LogP contribution in [0.3, 0.4) is 0 Å². The van der Waals surface area contributed by atoms with Gasteiger partial charge in [0.2, 0.25) is 0 Å². The molecule has 3 atom stereocenters. The van der Waals surface area contributed by atoms with Gasteiger partial charge in [0.15, 0.2) is 0 Å². The summed E-state index contributed by atoms with van der Waals surface area (Å²) >= 11 is 0. The van der Waals surface area contributed by atoms with E-state index in [0.717, 1.165) is 5.56 Å². The lowest BCUT2D eigenvalue weighted by molar-refractivity contribution is -0.139. The second-order valence-electron chi connectivity index (χ2n) is 5.05. The first-order chi connectivity index (χ1) is 8.01. The van der Waals surface area contributed by atoms with Crippen molar-refractivity contribution in [2.45, 2.75) is 32.0 Å². The number of carboxylic acids is 1. The Morgan fingerprint density at radius 1 is 1.53 bits per heavy atom. The highest BCUT2D eigenvalue weighted by Gasteiger charge is 2.44. The van der Waals surface area contributed by atoms with Gasteiger partial charge in [-0.3, -0.25) is 10.1 Å². The minimum absolute atomic E-state index is 0.00907. The molecule has 1 aromatic rings. The highest BCUT2D eigenvalue weighted by molar-refractivity contribution is 5.68. The minimum Gasteiger partial charge on any atom is -0.481 e. The second-order valence-corrected chi connectivity index (χ2v) is 5.05. The number of hydrogen-bond donors (Lipinski definition) is 3. The van der Waals surface area contributed by atoms with Crippen molar-refractivity contribution in [2.24, 2.45) is 11.1 Å². The number of aliphatic carboxylic acids is 1. The van der Waals surface area contributed by atoms with E-state index in [1.54, 1.807) is 0 Å². The van der Waals surface area contributed by atoms with Gasteiger partial charge in [-0.05, 0) is 12.0 Å². The predicted molar refractivity (Wildman–Crippen MR) is 65.3 cm³/mol. The molecule has 4 heteroatoms. The maximum absolute atomic E-state index is 11.0. The monoisotopic (exact) mass is 234 g/mol. The molecular weight excluding hydrogens is 216 g/mol. The van der Waals surface area contributed by atoms with Gasteiger partial charge in [-0.25, -0.2) is 0 Å². The zero-order valence-electron chi connectivity index (χ0n) is 9.89. The van der Waals surface area contributed by atoms with Crippen LogP contribution in [0.25, 0.3) is 0 Å². The maximum atomic E-state index is 11.0. The molecule has 4 N–H and O–H groups in total. The molecule has 92 valence electrons. The number of nitrogens with two attached hydrogens (primary N) is 1. The van der Waals surface area contributed by atoms with Crippen LogP contribution in [0.15, 0.2) is 30.3 Å². The van der Waals surface area contributed by atoms with Gasteiger partial charge in [-0.2, -0.15) is 0 Å². The van der Waals surface area contributed by atoms with Crippen LogP contribution in [0.2, 0.25) is 0 Å². The Morgan fingerprint density at radius 2 is 2.18 bits per heavy atom. The molecule has 1 aromatic carbocycles. The molecule has 0 aliphatic carbocycles. The molecular formula is C13H18N2O2. The molecule has 1 aliphatic heterocycles. The number of rotatable bonds is 3. The Bertz CT molecular complexity index is 407. The van der Waals surface area contributed by atoms with Crippen LogP contribution in [0.1, 0.15) is 31.4 Å². The lowest BCUT2D eigenvalue weighted by Gasteiger charge is -2.29. The van der Waals surface area contributed by atoms with E-state index < -0.39 is 5.97 Å². The van der Waals surface area contributed by atoms with Crippen molar-refractivity contribution in [1.29, 1.82) is 0 Å². The Kier molecular flexibility index (Phi) is 3.17. The molecule has 0 radical (unpaired) electrons. The molecule has 2 rings (SSSR count). The summed E-state index contributed by atoms with van der Waals surface area (Å²) in [4.78, 5) is 11.0. The van der Waals surface area contributed by atoms with Gasteiger partial charge in [-0.15, -0.1) is 0 Å². The van der Waals surface area contributed by atoms with Crippen LogP contribution in [-0.4, -0.2) is 17.2 Å². The van der Waals surface area contributed by atoms with Crippen molar-refractivity contribution < 1.29 is 9.90 Å². The molecule has 4 nitrogen and oxygen atoms in total. The van der Waals surface area contributed by atoms with Crippen LogP contribution >= 0.6 is 0 Å². The summed E-state index contributed by atoms with van der Waals surface area (Å²) in [7, 11) is 0. The third-order valence-corrected chi connectivity index (χ3v) is 3.45. The Balaban J connectivity index is 2.28. The Morgan fingerprint density at radius 3 is 2.76 bits per heavy atom. The summed E-state index contributed by atoms with van der Waals surface area (Å²) in [6.07, 6.45) is 0.677. The molecule has 0 bridgehead atoms. The molecule has 1 aliphatic rings. The van der Waals surface area contributed by atoms with Crippen molar-refractivity contribution in [3.8, 4) is 0 Å². The van der Waals surface area contributed by atoms with Crippen molar-refractivity contribution in [3.05, 3.63) is 35.9 Å². The second kappa shape index (κ2) is 4.47. The highest BCUT2D eigenvalue weighted by Crippen LogP contribution is 2.45. The van der Waals surface area contributed by atoms with Crippen LogP contribution in [0.5, 0.6) is 0 Å². The molecule has 1 saturated heterocycles. The summed E-state index contributed by atoms with van der Waals surface area (Å²) in [5.74, 6) is -0.774. The van der Waals surface area contributed by atoms with Gasteiger partial charge in [0.05, 0.1) is 12.6 Å². The molecule has 0 spiro atoms. The fourth-order valence-electron chi connectivity index (χ4n) is 2.76. The van der Waals surface area contributed by atoms with Gasteiger partial charge in [-0.1, -0.05) is 37.3 Å². The van der Waals surface area contributed by atoms with E-state index in [-0.39, 0.29) is 24.0 Å². The van der Waals surface area contributed by atoms with Crippen molar-refractivity contribution in [1.82, 2.24) is 5.32 Å². The first-order valence-electron chi connectivity index (χ1n) is 5.80. The quantitative estimate of drug-likeness (QED) is 0.740. The van der Waals surface area contributed by atoms with Crippen LogP contribution < -0.4 is 11.1 Å². The van der Waals surface area contributed by atoms with Crippen LogP contribution in [0.4, 0.5) is 0 Å². The van der Waals surface area contributed by atoms with Crippen molar-refractivity contribution in [3.63, 3.8) is 0 Å².